The fourth-order valence-electron chi connectivity index (χ4n) is 4.75. The van der Waals surface area contributed by atoms with Crippen LogP contribution in [0.2, 0.25) is 0 Å². The van der Waals surface area contributed by atoms with Crippen LogP contribution in [0.25, 0.3) is 32.7 Å². The maximum atomic E-state index is 6.88. The molecule has 7 nitrogen and oxygen atoms in total. The van der Waals surface area contributed by atoms with E-state index in [-0.39, 0.29) is 12.1 Å². The summed E-state index contributed by atoms with van der Waals surface area (Å²) in [6.07, 6.45) is 4.09. The van der Waals surface area contributed by atoms with Gasteiger partial charge in [0.1, 0.15) is 11.5 Å². The van der Waals surface area contributed by atoms with Gasteiger partial charge in [0.05, 0.1) is 40.7 Å². The van der Waals surface area contributed by atoms with Gasteiger partial charge in [0.15, 0.2) is 5.82 Å². The number of hydrogen-bond acceptors (Lipinski definition) is 8. The topological polar surface area (TPSA) is 109 Å². The Morgan fingerprint density at radius 2 is 1.59 bits per heavy atom. The molecule has 0 aliphatic carbocycles. The van der Waals surface area contributed by atoms with Crippen LogP contribution < -0.4 is 20.9 Å². The maximum Gasteiger partial charge on any atom is 0.160 e. The standard InChI is InChI=1S/C31H33N5O2S/c1-18(2)38-24-12-8-11-23(37-4)26(24)25-19(3)39-30-28(25)35-31(21-13-15-34-16-14-21)36-29(30)27(33)22(32)17-20-9-6-5-7-10-20/h5-16,18,22,27H,17,32-33H2,1-4H3. The fourth-order valence-corrected chi connectivity index (χ4v) is 5.89. The van der Waals surface area contributed by atoms with Crippen LogP contribution in [0.15, 0.2) is 73.1 Å². The number of benzene rings is 2. The van der Waals surface area contributed by atoms with E-state index < -0.39 is 6.04 Å². The monoisotopic (exact) mass is 539 g/mol. The SMILES string of the molecule is COc1cccc(OC(C)C)c1-c1c(C)sc2c(C(N)C(N)Cc3ccccc3)nc(-c3ccncc3)nc12. The van der Waals surface area contributed by atoms with Gasteiger partial charge in [0.2, 0.25) is 0 Å². The van der Waals surface area contributed by atoms with Crippen LogP contribution in [-0.2, 0) is 6.42 Å². The minimum absolute atomic E-state index is 0.0111. The Bertz CT molecular complexity index is 1570. The zero-order chi connectivity index (χ0) is 27.5. The molecule has 0 saturated heterocycles. The zero-order valence-corrected chi connectivity index (χ0v) is 23.4. The van der Waals surface area contributed by atoms with Crippen LogP contribution in [0.3, 0.4) is 0 Å². The molecule has 0 radical (unpaired) electrons. The number of aryl methyl sites for hydroxylation is 1. The van der Waals surface area contributed by atoms with E-state index in [4.69, 9.17) is 30.9 Å². The molecule has 4 N–H and O–H groups in total. The van der Waals surface area contributed by atoms with Crippen LogP contribution in [0.4, 0.5) is 0 Å². The summed E-state index contributed by atoms with van der Waals surface area (Å²) in [6.45, 7) is 6.10. The second kappa shape index (κ2) is 11.5. The molecule has 0 bridgehead atoms. The lowest BCUT2D eigenvalue weighted by Gasteiger charge is -2.21. The molecule has 5 rings (SSSR count). The van der Waals surface area contributed by atoms with E-state index in [1.165, 1.54) is 0 Å². The summed E-state index contributed by atoms with van der Waals surface area (Å²) in [4.78, 5) is 15.3. The van der Waals surface area contributed by atoms with Crippen molar-refractivity contribution in [1.82, 2.24) is 15.0 Å². The number of nitrogens with two attached hydrogens (primary N) is 2. The van der Waals surface area contributed by atoms with Crippen molar-refractivity contribution in [2.75, 3.05) is 7.11 Å². The molecule has 0 aliphatic rings. The minimum atomic E-state index is -0.508. The molecule has 0 amide bonds. The first-order valence-electron chi connectivity index (χ1n) is 13.0. The van der Waals surface area contributed by atoms with Crippen LogP contribution in [0, 0.1) is 6.92 Å². The van der Waals surface area contributed by atoms with Crippen molar-refractivity contribution < 1.29 is 9.47 Å². The fraction of sp³-hybridized carbons (Fsp3) is 0.258. The lowest BCUT2D eigenvalue weighted by atomic mass is 9.97. The normalized spacial score (nSPS) is 13.0. The maximum absolute atomic E-state index is 6.88. The van der Waals surface area contributed by atoms with Gasteiger partial charge in [-0.25, -0.2) is 9.97 Å². The van der Waals surface area contributed by atoms with Crippen molar-refractivity contribution in [3.8, 4) is 34.0 Å². The molecule has 3 heterocycles. The molecule has 2 aromatic carbocycles. The molecule has 2 atom stereocenters. The molecule has 2 unspecified atom stereocenters. The Hall–Kier alpha value is -3.85. The second-order valence-electron chi connectivity index (χ2n) is 9.76. The Morgan fingerprint density at radius 3 is 2.28 bits per heavy atom. The first kappa shape index (κ1) is 26.7. The number of aromatic nitrogens is 3. The van der Waals surface area contributed by atoms with Gasteiger partial charge < -0.3 is 20.9 Å². The molecule has 3 aromatic heterocycles. The van der Waals surface area contributed by atoms with Crippen LogP contribution in [0.1, 0.15) is 36.0 Å². The van der Waals surface area contributed by atoms with E-state index in [0.29, 0.717) is 18.0 Å². The summed E-state index contributed by atoms with van der Waals surface area (Å²) < 4.78 is 13.0. The second-order valence-corrected chi connectivity index (χ2v) is 11.0. The van der Waals surface area contributed by atoms with Crippen molar-refractivity contribution in [2.45, 2.75) is 45.4 Å². The third-order valence-electron chi connectivity index (χ3n) is 6.59. The molecule has 0 saturated carbocycles. The van der Waals surface area contributed by atoms with E-state index >= 15 is 0 Å². The number of rotatable bonds is 9. The Kier molecular flexibility index (Phi) is 7.88. The van der Waals surface area contributed by atoms with Crippen molar-refractivity contribution in [3.05, 3.63) is 89.2 Å². The van der Waals surface area contributed by atoms with Gasteiger partial charge >= 0.3 is 0 Å². The molecule has 0 spiro atoms. The number of hydrogen-bond donors (Lipinski definition) is 2. The first-order chi connectivity index (χ1) is 18.9. The number of methoxy groups -OCH3 is 1. The van der Waals surface area contributed by atoms with Gasteiger partial charge in [0.25, 0.3) is 0 Å². The number of thiophene rings is 1. The predicted molar refractivity (Wildman–Crippen MR) is 158 cm³/mol. The van der Waals surface area contributed by atoms with Crippen molar-refractivity contribution in [3.63, 3.8) is 0 Å². The van der Waals surface area contributed by atoms with Gasteiger partial charge in [-0.05, 0) is 57.0 Å². The molecular formula is C31H33N5O2S. The number of pyridine rings is 1. The van der Waals surface area contributed by atoms with E-state index in [1.54, 1.807) is 30.8 Å². The van der Waals surface area contributed by atoms with E-state index in [1.807, 2.05) is 62.4 Å². The highest BCUT2D eigenvalue weighted by Gasteiger charge is 2.28. The first-order valence-corrected chi connectivity index (χ1v) is 13.8. The Labute approximate surface area is 232 Å². The molecule has 0 aliphatic heterocycles. The zero-order valence-electron chi connectivity index (χ0n) is 22.6. The molecule has 8 heteroatoms. The largest absolute Gasteiger partial charge is 0.496 e. The van der Waals surface area contributed by atoms with Gasteiger partial charge in [-0.3, -0.25) is 4.98 Å². The summed E-state index contributed by atoms with van der Waals surface area (Å²) in [6, 6.07) is 18.9. The van der Waals surface area contributed by atoms with E-state index in [0.717, 1.165) is 48.8 Å². The summed E-state index contributed by atoms with van der Waals surface area (Å²) >= 11 is 1.62. The van der Waals surface area contributed by atoms with Gasteiger partial charge in [-0.2, -0.15) is 0 Å². The van der Waals surface area contributed by atoms with Crippen molar-refractivity contribution in [1.29, 1.82) is 0 Å². The highest BCUT2D eigenvalue weighted by Crippen LogP contribution is 2.47. The molecule has 5 aromatic rings. The number of fused-ring (bicyclic) bond motifs is 1. The predicted octanol–water partition coefficient (Wildman–Crippen LogP) is 6.09. The smallest absolute Gasteiger partial charge is 0.160 e. The molecule has 200 valence electrons. The number of ether oxygens (including phenoxy) is 2. The lowest BCUT2D eigenvalue weighted by molar-refractivity contribution is 0.242. The lowest BCUT2D eigenvalue weighted by Crippen LogP contribution is -2.36. The average molecular weight is 540 g/mol. The molecule has 39 heavy (non-hydrogen) atoms. The highest BCUT2D eigenvalue weighted by molar-refractivity contribution is 7.19. The third-order valence-corrected chi connectivity index (χ3v) is 7.70. The van der Waals surface area contributed by atoms with Crippen LogP contribution >= 0.6 is 11.3 Å². The van der Waals surface area contributed by atoms with Crippen LogP contribution in [0.5, 0.6) is 11.5 Å². The van der Waals surface area contributed by atoms with Gasteiger partial charge in [-0.1, -0.05) is 36.4 Å². The Balaban J connectivity index is 1.73. The van der Waals surface area contributed by atoms with Gasteiger partial charge in [-0.15, -0.1) is 11.3 Å². The molecular weight excluding hydrogens is 506 g/mol. The summed E-state index contributed by atoms with van der Waals surface area (Å²) in [5.74, 6) is 2.03. The van der Waals surface area contributed by atoms with Crippen molar-refractivity contribution >= 4 is 21.6 Å². The minimum Gasteiger partial charge on any atom is -0.496 e. The Morgan fingerprint density at radius 1 is 0.872 bits per heavy atom. The highest BCUT2D eigenvalue weighted by atomic mass is 32.1. The quantitative estimate of drug-likeness (QED) is 0.233. The van der Waals surface area contributed by atoms with E-state index in [9.17, 15) is 0 Å². The summed E-state index contributed by atoms with van der Waals surface area (Å²) in [5, 5.41) is 0. The molecule has 0 fully saturated rings. The summed E-state index contributed by atoms with van der Waals surface area (Å²) in [5.41, 5.74) is 18.9. The number of nitrogens with zero attached hydrogens (tertiary/aromatic N) is 3. The van der Waals surface area contributed by atoms with Gasteiger partial charge in [0, 0.05) is 34.4 Å². The average Bonchev–Trinajstić information content (AvgIpc) is 3.27. The van der Waals surface area contributed by atoms with E-state index in [2.05, 4.69) is 24.0 Å². The third kappa shape index (κ3) is 5.49. The van der Waals surface area contributed by atoms with Crippen LogP contribution in [-0.4, -0.2) is 34.2 Å². The van der Waals surface area contributed by atoms with Crippen molar-refractivity contribution in [2.24, 2.45) is 11.5 Å². The summed E-state index contributed by atoms with van der Waals surface area (Å²) in [7, 11) is 1.67.